The van der Waals surface area contributed by atoms with E-state index in [0.29, 0.717) is 5.92 Å². The standard InChI is InChI=1S/C19H16ClN3/c20-14-7-5-13(6-8-14)16-9-19(16)11-23(18-10-21-12-22-18)17-4-2-1-3-15(17)19/h1-8,10,12,16H,9,11H2,(H,21,22). The van der Waals surface area contributed by atoms with Gasteiger partial charge in [0.1, 0.15) is 5.82 Å². The summed E-state index contributed by atoms with van der Waals surface area (Å²) in [4.78, 5) is 9.79. The monoisotopic (exact) mass is 321 g/mol. The molecule has 2 unspecified atom stereocenters. The molecule has 4 heteroatoms. The summed E-state index contributed by atoms with van der Waals surface area (Å²) in [6.45, 7) is 1.00. The van der Waals surface area contributed by atoms with Crippen LogP contribution in [-0.2, 0) is 5.41 Å². The van der Waals surface area contributed by atoms with E-state index >= 15 is 0 Å². The highest BCUT2D eigenvalue weighted by Gasteiger charge is 2.61. The molecule has 1 spiro atoms. The van der Waals surface area contributed by atoms with E-state index in [9.17, 15) is 0 Å². The Morgan fingerprint density at radius 3 is 2.74 bits per heavy atom. The van der Waals surface area contributed by atoms with Crippen molar-refractivity contribution in [2.75, 3.05) is 11.4 Å². The molecule has 2 heterocycles. The predicted octanol–water partition coefficient (Wildman–Crippen LogP) is 4.64. The minimum atomic E-state index is 0.218. The molecule has 1 aliphatic heterocycles. The number of hydrogen-bond donors (Lipinski definition) is 1. The summed E-state index contributed by atoms with van der Waals surface area (Å²) in [5.41, 5.74) is 4.36. The molecule has 1 saturated carbocycles. The average molecular weight is 322 g/mol. The SMILES string of the molecule is Clc1ccc(C2CC23CN(c2cnc[nH]2)c2ccccc23)cc1. The van der Waals surface area contributed by atoms with Crippen LogP contribution in [-0.4, -0.2) is 16.5 Å². The Morgan fingerprint density at radius 1 is 1.13 bits per heavy atom. The maximum atomic E-state index is 6.04. The number of halogens is 1. The van der Waals surface area contributed by atoms with Crippen LogP contribution in [0.3, 0.4) is 0 Å². The van der Waals surface area contributed by atoms with Crippen molar-refractivity contribution < 1.29 is 0 Å². The van der Waals surface area contributed by atoms with E-state index in [-0.39, 0.29) is 5.41 Å². The van der Waals surface area contributed by atoms with Gasteiger partial charge in [-0.15, -0.1) is 0 Å². The summed E-state index contributed by atoms with van der Waals surface area (Å²) in [5, 5.41) is 0.800. The van der Waals surface area contributed by atoms with Crippen LogP contribution in [0.1, 0.15) is 23.5 Å². The molecule has 3 nitrogen and oxygen atoms in total. The molecule has 1 aromatic heterocycles. The summed E-state index contributed by atoms with van der Waals surface area (Å²) in [5.74, 6) is 1.63. The number of para-hydroxylation sites is 1. The largest absolute Gasteiger partial charge is 0.331 e. The van der Waals surface area contributed by atoms with E-state index in [1.807, 2.05) is 18.3 Å². The van der Waals surface area contributed by atoms with Gasteiger partial charge in [-0.3, -0.25) is 0 Å². The van der Waals surface area contributed by atoms with Crippen LogP contribution in [0.4, 0.5) is 11.5 Å². The third kappa shape index (κ3) is 1.86. The molecular formula is C19H16ClN3. The van der Waals surface area contributed by atoms with Gasteiger partial charge in [0.25, 0.3) is 0 Å². The van der Waals surface area contributed by atoms with Gasteiger partial charge in [-0.25, -0.2) is 4.98 Å². The van der Waals surface area contributed by atoms with E-state index in [0.717, 1.165) is 17.4 Å². The fraction of sp³-hybridized carbons (Fsp3) is 0.211. The van der Waals surface area contributed by atoms with Crippen molar-refractivity contribution in [3.8, 4) is 0 Å². The third-order valence-corrected chi connectivity index (χ3v) is 5.55. The fourth-order valence-electron chi connectivity index (χ4n) is 4.10. The molecular weight excluding hydrogens is 306 g/mol. The lowest BCUT2D eigenvalue weighted by atomic mass is 9.93. The summed E-state index contributed by atoms with van der Waals surface area (Å²) >= 11 is 6.04. The lowest BCUT2D eigenvalue weighted by Gasteiger charge is -2.17. The number of rotatable bonds is 2. The van der Waals surface area contributed by atoms with Crippen LogP contribution in [0, 0.1) is 0 Å². The number of imidazole rings is 1. The second-order valence-corrected chi connectivity index (χ2v) is 6.94. The summed E-state index contributed by atoms with van der Waals surface area (Å²) in [6, 6.07) is 17.1. The zero-order chi connectivity index (χ0) is 15.4. The average Bonchev–Trinajstić information content (AvgIpc) is 2.94. The Bertz CT molecular complexity index is 857. The number of fused-ring (bicyclic) bond motifs is 2. The minimum Gasteiger partial charge on any atom is -0.331 e. The van der Waals surface area contributed by atoms with Gasteiger partial charge in [-0.1, -0.05) is 41.9 Å². The van der Waals surface area contributed by atoms with Crippen molar-refractivity contribution in [1.82, 2.24) is 9.97 Å². The van der Waals surface area contributed by atoms with Gasteiger partial charge >= 0.3 is 0 Å². The Labute approximate surface area is 139 Å². The molecule has 1 N–H and O–H groups in total. The lowest BCUT2D eigenvalue weighted by molar-refractivity contribution is 0.710. The Balaban J connectivity index is 1.57. The molecule has 5 rings (SSSR count). The van der Waals surface area contributed by atoms with E-state index < -0.39 is 0 Å². The van der Waals surface area contributed by atoms with Gasteiger partial charge < -0.3 is 9.88 Å². The Hall–Kier alpha value is -2.26. The molecule has 0 radical (unpaired) electrons. The van der Waals surface area contributed by atoms with Crippen molar-refractivity contribution in [2.45, 2.75) is 17.8 Å². The molecule has 114 valence electrons. The second kappa shape index (κ2) is 4.62. The summed E-state index contributed by atoms with van der Waals surface area (Å²) in [7, 11) is 0. The fourth-order valence-corrected chi connectivity index (χ4v) is 4.23. The van der Waals surface area contributed by atoms with Gasteiger partial charge in [0.2, 0.25) is 0 Å². The van der Waals surface area contributed by atoms with Crippen molar-refractivity contribution in [1.29, 1.82) is 0 Å². The number of benzene rings is 2. The Morgan fingerprint density at radius 2 is 1.96 bits per heavy atom. The van der Waals surface area contributed by atoms with Crippen molar-refractivity contribution in [3.05, 3.63) is 77.2 Å². The first kappa shape index (κ1) is 13.2. The molecule has 2 aromatic carbocycles. The van der Waals surface area contributed by atoms with Gasteiger partial charge in [0.15, 0.2) is 0 Å². The molecule has 2 atom stereocenters. The maximum Gasteiger partial charge on any atom is 0.130 e. The first-order valence-corrected chi connectivity index (χ1v) is 8.27. The van der Waals surface area contributed by atoms with Crippen LogP contribution in [0.25, 0.3) is 0 Å². The zero-order valence-corrected chi connectivity index (χ0v) is 13.3. The summed E-state index contributed by atoms with van der Waals surface area (Å²) < 4.78 is 0. The van der Waals surface area contributed by atoms with Crippen LogP contribution >= 0.6 is 11.6 Å². The molecule has 1 fully saturated rings. The minimum absolute atomic E-state index is 0.218. The molecule has 3 aromatic rings. The summed E-state index contributed by atoms with van der Waals surface area (Å²) in [6.07, 6.45) is 4.83. The van der Waals surface area contributed by atoms with E-state index in [1.165, 1.54) is 23.2 Å². The smallest absolute Gasteiger partial charge is 0.130 e. The molecule has 2 aliphatic rings. The van der Waals surface area contributed by atoms with Gasteiger partial charge in [0.05, 0.1) is 12.5 Å². The number of nitrogens with zero attached hydrogens (tertiary/aromatic N) is 2. The number of hydrogen-bond acceptors (Lipinski definition) is 2. The van der Waals surface area contributed by atoms with Gasteiger partial charge in [-0.05, 0) is 41.7 Å². The maximum absolute atomic E-state index is 6.04. The molecule has 0 amide bonds. The molecule has 0 saturated heterocycles. The van der Waals surface area contributed by atoms with E-state index in [4.69, 9.17) is 11.6 Å². The number of H-pyrrole nitrogens is 1. The Kier molecular flexibility index (Phi) is 2.65. The number of anilines is 2. The third-order valence-electron chi connectivity index (χ3n) is 5.29. The first-order valence-electron chi connectivity index (χ1n) is 7.89. The van der Waals surface area contributed by atoms with Crippen molar-refractivity contribution in [3.63, 3.8) is 0 Å². The van der Waals surface area contributed by atoms with Crippen molar-refractivity contribution in [2.24, 2.45) is 0 Å². The highest BCUT2D eigenvalue weighted by atomic mass is 35.5. The predicted molar refractivity (Wildman–Crippen MR) is 92.5 cm³/mol. The quantitative estimate of drug-likeness (QED) is 0.745. The molecule has 0 bridgehead atoms. The lowest BCUT2D eigenvalue weighted by Crippen LogP contribution is -2.20. The number of aromatic nitrogens is 2. The number of nitrogens with one attached hydrogen (secondary N) is 1. The van der Waals surface area contributed by atoms with E-state index in [2.05, 4.69) is 51.3 Å². The molecule has 1 aliphatic carbocycles. The number of aromatic amines is 1. The van der Waals surface area contributed by atoms with Crippen LogP contribution in [0.2, 0.25) is 5.02 Å². The van der Waals surface area contributed by atoms with Crippen molar-refractivity contribution >= 4 is 23.1 Å². The first-order chi connectivity index (χ1) is 11.3. The van der Waals surface area contributed by atoms with Crippen LogP contribution in [0.15, 0.2) is 61.1 Å². The second-order valence-electron chi connectivity index (χ2n) is 6.50. The van der Waals surface area contributed by atoms with Gasteiger partial charge in [0, 0.05) is 22.7 Å². The topological polar surface area (TPSA) is 31.9 Å². The van der Waals surface area contributed by atoms with Gasteiger partial charge in [-0.2, -0.15) is 0 Å². The van der Waals surface area contributed by atoms with E-state index in [1.54, 1.807) is 6.33 Å². The highest BCUT2D eigenvalue weighted by Crippen LogP contribution is 2.66. The molecule has 23 heavy (non-hydrogen) atoms. The zero-order valence-electron chi connectivity index (χ0n) is 12.5. The van der Waals surface area contributed by atoms with Crippen LogP contribution < -0.4 is 4.90 Å². The highest BCUT2D eigenvalue weighted by molar-refractivity contribution is 6.30. The normalized spacial score (nSPS) is 24.9. The van der Waals surface area contributed by atoms with Crippen LogP contribution in [0.5, 0.6) is 0 Å².